The minimum absolute atomic E-state index is 0.0385. The zero-order chi connectivity index (χ0) is 43.5. The van der Waals surface area contributed by atoms with Crippen LogP contribution in [0.2, 0.25) is 0 Å². The molecule has 4 aliphatic heterocycles. The lowest BCUT2D eigenvalue weighted by atomic mass is 9.62. The van der Waals surface area contributed by atoms with Crippen molar-refractivity contribution < 1.29 is 62.3 Å². The number of benzene rings is 1. The Balaban J connectivity index is 1.27. The smallest absolute Gasteiger partial charge is 0.348 e. The molecule has 1 amide bonds. The zero-order valence-electron chi connectivity index (χ0n) is 36.2. The molecule has 8 atom stereocenters. The van der Waals surface area contributed by atoms with Gasteiger partial charge < -0.3 is 38.8 Å². The summed E-state index contributed by atoms with van der Waals surface area (Å²) >= 11 is 0. The second kappa shape index (κ2) is 18.6. The number of carbonyl (C=O) groups is 5. The third kappa shape index (κ3) is 9.91. The number of hydrogen-bond acceptors (Lipinski definition) is 14. The first-order valence-electron chi connectivity index (χ1n) is 21.7. The van der Waals surface area contributed by atoms with E-state index in [1.165, 1.54) is 11.1 Å². The summed E-state index contributed by atoms with van der Waals surface area (Å²) in [6.45, 7) is 12.9. The first-order valence-corrected chi connectivity index (χ1v) is 21.7. The van der Waals surface area contributed by atoms with Crippen LogP contribution in [0.3, 0.4) is 0 Å². The summed E-state index contributed by atoms with van der Waals surface area (Å²) in [5, 5.41) is 14.9. The van der Waals surface area contributed by atoms with E-state index in [1.807, 2.05) is 12.1 Å². The molecule has 15 nitrogen and oxygen atoms in total. The maximum atomic E-state index is 14.9. The van der Waals surface area contributed by atoms with E-state index in [0.29, 0.717) is 24.0 Å². The number of cyclic esters (lactones) is 1. The highest BCUT2D eigenvalue weighted by Gasteiger charge is 2.76. The number of rotatable bonds is 19. The SMILES string of the molecule is CCCCCC1(CCCCC)O[C@@H]2[C@H](O1)[C@H]1ON(Cc3cccc(C=CC(=O)O[C@H]4C(=O)OCC4(C)C)c3)[C@@H]3C(=O)O[C@@H]2C[C@]13C(=O)N[C@H](CO)CCC(=O)OC(C)(C)C. The summed E-state index contributed by atoms with van der Waals surface area (Å²) in [5.74, 6) is -3.82. The third-order valence-corrected chi connectivity index (χ3v) is 12.1. The molecule has 15 heteroatoms. The van der Waals surface area contributed by atoms with Crippen molar-refractivity contribution >= 4 is 35.9 Å². The number of esters is 4. The molecule has 5 fully saturated rings. The van der Waals surface area contributed by atoms with Crippen molar-refractivity contribution in [3.8, 4) is 0 Å². The Hall–Kier alpha value is -3.89. The number of hydroxylamine groups is 2. The normalized spacial score (nSPS) is 29.5. The summed E-state index contributed by atoms with van der Waals surface area (Å²) in [6, 6.07) is 5.23. The topological polar surface area (TPSA) is 185 Å². The fourth-order valence-electron chi connectivity index (χ4n) is 9.14. The average Bonchev–Trinajstić information content (AvgIpc) is 3.82. The van der Waals surface area contributed by atoms with Crippen molar-refractivity contribution in [1.29, 1.82) is 0 Å². The maximum Gasteiger partial charge on any atom is 0.348 e. The van der Waals surface area contributed by atoms with Crippen molar-refractivity contribution in [3.63, 3.8) is 0 Å². The third-order valence-electron chi connectivity index (χ3n) is 12.1. The number of aliphatic hydroxyl groups is 1. The van der Waals surface area contributed by atoms with Gasteiger partial charge in [0.1, 0.15) is 42.0 Å². The Morgan fingerprint density at radius 1 is 1.02 bits per heavy atom. The average molecular weight is 841 g/mol. The fourth-order valence-corrected chi connectivity index (χ4v) is 9.14. The first-order chi connectivity index (χ1) is 28.4. The number of aliphatic hydroxyl groups excluding tert-OH is 1. The first kappa shape index (κ1) is 45.6. The van der Waals surface area contributed by atoms with Gasteiger partial charge in [-0.1, -0.05) is 77.6 Å². The highest BCUT2D eigenvalue weighted by atomic mass is 16.8. The summed E-state index contributed by atoms with van der Waals surface area (Å²) in [6.07, 6.45) is 5.85. The number of carbonyl (C=O) groups excluding carboxylic acids is 5. The maximum absolute atomic E-state index is 14.9. The van der Waals surface area contributed by atoms with Crippen LogP contribution in [0.1, 0.15) is 130 Å². The van der Waals surface area contributed by atoms with Gasteiger partial charge in [-0.2, -0.15) is 5.06 Å². The number of hydrogen-bond donors (Lipinski definition) is 2. The Morgan fingerprint density at radius 2 is 1.72 bits per heavy atom. The summed E-state index contributed by atoms with van der Waals surface area (Å²) in [5.41, 5.74) is -1.50. The predicted octanol–water partition coefficient (Wildman–Crippen LogP) is 5.23. The largest absolute Gasteiger partial charge is 0.462 e. The number of nitrogens with one attached hydrogen (secondary N) is 1. The lowest BCUT2D eigenvalue weighted by Gasteiger charge is -2.49. The van der Waals surface area contributed by atoms with Gasteiger partial charge in [0.2, 0.25) is 12.0 Å². The standard InChI is InChI=1S/C45H64N2O13/c1-8-10-12-21-44(22-13-11-9-2)58-34-31-24-45(41(53)46-30(26-48)18-20-33(50)57-42(3,4)5)36(39(51)55-31)47(60-37(45)35(34)59-44)25-29-16-14-15-28(23-29)17-19-32(49)56-38-40(52)54-27-43(38,6)7/h14-17,19,23,30-31,34-38,48H,8-13,18,20-22,24-27H2,1-7H3,(H,46,53)/t30-,31+,34-,35-,36+,37+,38-,45+/m0/s1. The van der Waals surface area contributed by atoms with Gasteiger partial charge >= 0.3 is 23.9 Å². The van der Waals surface area contributed by atoms with Gasteiger partial charge in [-0.3, -0.25) is 19.2 Å². The van der Waals surface area contributed by atoms with E-state index < -0.39 is 101 Å². The number of unbranched alkanes of at least 4 members (excludes halogenated alkanes) is 4. The molecule has 4 heterocycles. The summed E-state index contributed by atoms with van der Waals surface area (Å²) < 4.78 is 36.0. The van der Waals surface area contributed by atoms with Crippen LogP contribution < -0.4 is 5.32 Å². The van der Waals surface area contributed by atoms with E-state index in [0.717, 1.165) is 38.5 Å². The highest BCUT2D eigenvalue weighted by Crippen LogP contribution is 2.58. The van der Waals surface area contributed by atoms with Gasteiger partial charge in [0.25, 0.3) is 0 Å². The van der Waals surface area contributed by atoms with Crippen LogP contribution in [0.15, 0.2) is 30.3 Å². The Bertz CT molecular complexity index is 1760. The molecule has 2 bridgehead atoms. The number of ether oxygens (including phenoxy) is 6. The second-order valence-corrected chi connectivity index (χ2v) is 18.7. The highest BCUT2D eigenvalue weighted by molar-refractivity contribution is 5.94. The number of amides is 1. The van der Waals surface area contributed by atoms with Crippen molar-refractivity contribution in [2.45, 2.75) is 180 Å². The second-order valence-electron chi connectivity index (χ2n) is 18.7. The van der Waals surface area contributed by atoms with Crippen molar-refractivity contribution in [2.24, 2.45) is 10.8 Å². The van der Waals surface area contributed by atoms with Crippen LogP contribution in [0, 0.1) is 10.8 Å². The van der Waals surface area contributed by atoms with Crippen LogP contribution in [-0.2, 0) is 63.8 Å². The van der Waals surface area contributed by atoms with Crippen molar-refractivity contribution in [3.05, 3.63) is 41.5 Å². The van der Waals surface area contributed by atoms with Crippen molar-refractivity contribution in [1.82, 2.24) is 10.4 Å². The lowest BCUT2D eigenvalue weighted by molar-refractivity contribution is -0.224. The monoisotopic (exact) mass is 840 g/mol. The molecule has 1 saturated carbocycles. The van der Waals surface area contributed by atoms with E-state index in [4.69, 9.17) is 33.3 Å². The molecule has 60 heavy (non-hydrogen) atoms. The van der Waals surface area contributed by atoms with Crippen LogP contribution in [0.25, 0.3) is 6.08 Å². The van der Waals surface area contributed by atoms with Gasteiger partial charge in [0.05, 0.1) is 19.2 Å². The van der Waals surface area contributed by atoms with E-state index in [-0.39, 0.29) is 32.4 Å². The van der Waals surface area contributed by atoms with Gasteiger partial charge in [0.15, 0.2) is 11.8 Å². The van der Waals surface area contributed by atoms with Crippen LogP contribution in [0.4, 0.5) is 0 Å². The molecule has 0 radical (unpaired) electrons. The van der Waals surface area contributed by atoms with Gasteiger partial charge in [-0.15, -0.1) is 0 Å². The number of fused-ring (bicyclic) bond motifs is 4. The quantitative estimate of drug-likeness (QED) is 0.0798. The van der Waals surface area contributed by atoms with E-state index in [1.54, 1.807) is 52.8 Å². The molecule has 1 aromatic rings. The molecule has 332 valence electrons. The molecule has 0 spiro atoms. The Kier molecular flexibility index (Phi) is 14.2. The Morgan fingerprint density at radius 3 is 2.35 bits per heavy atom. The van der Waals surface area contributed by atoms with E-state index >= 15 is 0 Å². The molecule has 6 rings (SSSR count). The van der Waals surface area contributed by atoms with Crippen molar-refractivity contribution in [2.75, 3.05) is 13.2 Å². The van der Waals surface area contributed by atoms with Gasteiger partial charge in [-0.05, 0) is 57.2 Å². The minimum Gasteiger partial charge on any atom is -0.462 e. The van der Waals surface area contributed by atoms with Gasteiger partial charge in [0, 0.05) is 37.2 Å². The molecule has 2 N–H and O–H groups in total. The molecular weight excluding hydrogens is 776 g/mol. The van der Waals surface area contributed by atoms with E-state index in [9.17, 15) is 29.1 Å². The number of nitrogens with zero attached hydrogens (tertiary/aromatic N) is 1. The molecule has 5 aliphatic rings. The molecule has 0 unspecified atom stereocenters. The molecular formula is C45H64N2O13. The van der Waals surface area contributed by atoms with E-state index in [2.05, 4.69) is 19.2 Å². The minimum atomic E-state index is -1.50. The van der Waals surface area contributed by atoms with Crippen LogP contribution in [0.5, 0.6) is 0 Å². The summed E-state index contributed by atoms with van der Waals surface area (Å²) in [4.78, 5) is 73.5. The van der Waals surface area contributed by atoms with Crippen LogP contribution >= 0.6 is 0 Å². The van der Waals surface area contributed by atoms with Crippen LogP contribution in [-0.4, -0.2) is 107 Å². The molecule has 1 aromatic carbocycles. The summed E-state index contributed by atoms with van der Waals surface area (Å²) in [7, 11) is 0. The Labute approximate surface area is 353 Å². The molecule has 4 saturated heterocycles. The lowest BCUT2D eigenvalue weighted by Crippen LogP contribution is -2.70. The van der Waals surface area contributed by atoms with Gasteiger partial charge in [-0.25, -0.2) is 9.59 Å². The fraction of sp³-hybridized carbons (Fsp3) is 0.711. The zero-order valence-corrected chi connectivity index (χ0v) is 36.2. The predicted molar refractivity (Wildman–Crippen MR) is 216 cm³/mol. The molecule has 1 aliphatic carbocycles. The molecule has 0 aromatic heterocycles.